The Morgan fingerprint density at radius 1 is 0.772 bits per heavy atom. The van der Waals surface area contributed by atoms with E-state index in [1.807, 2.05) is 34.6 Å². The average Bonchev–Trinajstić information content (AvgIpc) is 3.38. The fourth-order valence-electron chi connectivity index (χ4n) is 7.56. The van der Waals surface area contributed by atoms with Gasteiger partial charge in [0.1, 0.15) is 57.3 Å². The summed E-state index contributed by atoms with van der Waals surface area (Å²) in [5.41, 5.74) is -0.638. The number of hydrogen-bond acceptors (Lipinski definition) is 12. The molecule has 0 aliphatic carbocycles. The number of fused-ring (bicyclic) bond motifs is 4. The molecule has 6 rings (SSSR count). The van der Waals surface area contributed by atoms with E-state index in [0.29, 0.717) is 12.0 Å². The smallest absolute Gasteiger partial charge is 0.318 e. The zero-order chi connectivity index (χ0) is 41.7. The Kier molecular flexibility index (Phi) is 10.5. The molecule has 57 heavy (non-hydrogen) atoms. The molecule has 4 aromatic carbocycles. The number of carbonyl (C=O) groups is 2. The van der Waals surface area contributed by atoms with Gasteiger partial charge in [0.05, 0.1) is 11.5 Å². The van der Waals surface area contributed by atoms with Crippen LogP contribution in [0.2, 0.25) is 0 Å². The van der Waals surface area contributed by atoms with Crippen LogP contribution in [-0.2, 0) is 12.0 Å². The summed E-state index contributed by atoms with van der Waals surface area (Å²) in [5.74, 6) is -11.4. The maximum atomic E-state index is 15.1. The minimum atomic E-state index is -2.81. The topological polar surface area (TPSA) is 214 Å². The minimum Gasteiger partial charge on any atom is -0.508 e. The van der Waals surface area contributed by atoms with Crippen LogP contribution in [0.4, 0.5) is 0 Å². The number of phenols is 7. The molecule has 0 saturated carbocycles. The summed E-state index contributed by atoms with van der Waals surface area (Å²) in [4.78, 5) is 29.9. The first-order valence-electron chi connectivity index (χ1n) is 18.5. The Labute approximate surface area is 329 Å². The van der Waals surface area contributed by atoms with E-state index in [1.54, 1.807) is 25.2 Å². The van der Waals surface area contributed by atoms with Crippen molar-refractivity contribution in [2.24, 2.45) is 0 Å². The molecule has 4 aromatic rings. The number of ketones is 2. The Balaban J connectivity index is 1.72. The highest BCUT2D eigenvalue weighted by Crippen LogP contribution is 2.61. The van der Waals surface area contributed by atoms with E-state index in [-0.39, 0.29) is 69.4 Å². The molecule has 0 saturated heterocycles. The number of Topliss-reactive ketones (excluding diaryl/α,β-unsaturated/α-hetero) is 2. The molecule has 12 heteroatoms. The summed E-state index contributed by atoms with van der Waals surface area (Å²) in [6, 6.07) is 10.9. The van der Waals surface area contributed by atoms with Crippen LogP contribution in [0.25, 0.3) is 0 Å². The van der Waals surface area contributed by atoms with Crippen LogP contribution in [0.15, 0.2) is 89.5 Å². The van der Waals surface area contributed by atoms with E-state index in [4.69, 9.17) is 9.47 Å². The SMILES string of the molecule is CC/C(C)=C\C(c1c(O)c(CC=C(C)C)c2c(c1O)C(=O)C1(O)Oc3cc(O)ccc3C1(CC=C(C)C)O2)C(C(=O)c1ccc(O)cc1O)c1ccc(O)cc1O. The minimum absolute atomic E-state index is 0.0272. The van der Waals surface area contributed by atoms with Crippen LogP contribution >= 0.6 is 0 Å². The molecule has 4 atom stereocenters. The fourth-order valence-corrected chi connectivity index (χ4v) is 7.56. The van der Waals surface area contributed by atoms with Crippen molar-refractivity contribution in [2.75, 3.05) is 0 Å². The zero-order valence-corrected chi connectivity index (χ0v) is 32.4. The molecule has 8 N–H and O–H groups in total. The first-order valence-corrected chi connectivity index (χ1v) is 18.5. The van der Waals surface area contributed by atoms with Gasteiger partial charge in [0.15, 0.2) is 5.78 Å². The van der Waals surface area contributed by atoms with Crippen molar-refractivity contribution in [2.45, 2.75) is 84.0 Å². The van der Waals surface area contributed by atoms with E-state index in [9.17, 15) is 45.6 Å². The van der Waals surface area contributed by atoms with Gasteiger partial charge in [0.25, 0.3) is 0 Å². The number of rotatable bonds is 11. The van der Waals surface area contributed by atoms with Gasteiger partial charge in [0.2, 0.25) is 11.4 Å². The van der Waals surface area contributed by atoms with Crippen molar-refractivity contribution in [1.29, 1.82) is 0 Å². The Morgan fingerprint density at radius 2 is 1.39 bits per heavy atom. The van der Waals surface area contributed by atoms with E-state index in [0.717, 1.165) is 23.3 Å². The van der Waals surface area contributed by atoms with Crippen molar-refractivity contribution in [3.05, 3.63) is 123 Å². The lowest BCUT2D eigenvalue weighted by molar-refractivity contribution is -0.202. The first-order chi connectivity index (χ1) is 26.8. The summed E-state index contributed by atoms with van der Waals surface area (Å²) in [6.07, 6.45) is 5.36. The second kappa shape index (κ2) is 14.9. The third-order valence-corrected chi connectivity index (χ3v) is 10.7. The van der Waals surface area contributed by atoms with Gasteiger partial charge in [-0.3, -0.25) is 9.59 Å². The standard InChI is InChI=1S/C45H46O12/c1-7-24(6)18-31(36(28-13-9-25(46)19-33(28)49)39(51)29-14-10-26(47)20-34(29)50)37-40(52)30(12-8-22(2)3)42-38(41(37)53)43(54)45(55)44(57-42,17-16-23(4)5)32-15-11-27(48)21-35(32)56-45/h8-11,13-16,18-21,31,36,46-50,52-53,55H,7,12,17H2,1-6H3/b24-18-. The number of aliphatic hydroxyl groups is 1. The summed E-state index contributed by atoms with van der Waals surface area (Å²) in [7, 11) is 0. The predicted molar refractivity (Wildman–Crippen MR) is 211 cm³/mol. The maximum absolute atomic E-state index is 15.1. The van der Waals surface area contributed by atoms with Gasteiger partial charge in [-0.05, 0) is 77.8 Å². The molecule has 2 aliphatic heterocycles. The molecular formula is C45H46O12. The molecule has 0 aromatic heterocycles. The lowest BCUT2D eigenvalue weighted by atomic mass is 9.72. The Bertz CT molecular complexity index is 2400. The molecule has 0 amide bonds. The molecule has 0 spiro atoms. The largest absolute Gasteiger partial charge is 0.508 e. The highest BCUT2D eigenvalue weighted by molar-refractivity contribution is 6.10. The number of ether oxygens (including phenoxy) is 2. The number of hydrogen-bond donors (Lipinski definition) is 8. The fraction of sp³-hybridized carbons (Fsp3) is 0.289. The van der Waals surface area contributed by atoms with Gasteiger partial charge >= 0.3 is 5.79 Å². The van der Waals surface area contributed by atoms with Gasteiger partial charge in [-0.25, -0.2) is 0 Å². The summed E-state index contributed by atoms with van der Waals surface area (Å²) in [5, 5.41) is 90.3. The maximum Gasteiger partial charge on any atom is 0.318 e. The molecule has 298 valence electrons. The van der Waals surface area contributed by atoms with Crippen molar-refractivity contribution in [3.8, 4) is 51.7 Å². The molecule has 0 fully saturated rings. The average molecular weight is 779 g/mol. The second-order valence-corrected chi connectivity index (χ2v) is 15.1. The van der Waals surface area contributed by atoms with Crippen molar-refractivity contribution >= 4 is 11.6 Å². The van der Waals surface area contributed by atoms with E-state index < -0.39 is 63.4 Å². The van der Waals surface area contributed by atoms with Crippen LogP contribution < -0.4 is 9.47 Å². The lowest BCUT2D eigenvalue weighted by Gasteiger charge is -2.44. The van der Waals surface area contributed by atoms with E-state index in [2.05, 4.69) is 0 Å². The molecule has 2 aliphatic rings. The third-order valence-electron chi connectivity index (χ3n) is 10.7. The number of phenolic OH excluding ortho intramolecular Hbond substituents is 7. The van der Waals surface area contributed by atoms with Crippen LogP contribution in [0, 0.1) is 0 Å². The first kappa shape index (κ1) is 40.3. The highest BCUT2D eigenvalue weighted by atomic mass is 16.7. The predicted octanol–water partition coefficient (Wildman–Crippen LogP) is 8.15. The number of aromatic hydroxyl groups is 7. The second-order valence-electron chi connectivity index (χ2n) is 15.1. The van der Waals surface area contributed by atoms with Crippen molar-refractivity contribution in [1.82, 2.24) is 0 Å². The summed E-state index contributed by atoms with van der Waals surface area (Å²) >= 11 is 0. The number of carbonyl (C=O) groups excluding carboxylic acids is 2. The van der Waals surface area contributed by atoms with Crippen molar-refractivity contribution in [3.63, 3.8) is 0 Å². The van der Waals surface area contributed by atoms with Gasteiger partial charge in [-0.1, -0.05) is 47.9 Å². The van der Waals surface area contributed by atoms with Crippen LogP contribution in [0.1, 0.15) is 109 Å². The number of allylic oxidation sites excluding steroid dienone is 5. The Hall–Kier alpha value is -6.40. The molecule has 12 nitrogen and oxygen atoms in total. The molecular weight excluding hydrogens is 732 g/mol. The summed E-state index contributed by atoms with van der Waals surface area (Å²) < 4.78 is 12.7. The molecule has 2 heterocycles. The van der Waals surface area contributed by atoms with Gasteiger partial charge < -0.3 is 50.3 Å². The van der Waals surface area contributed by atoms with Gasteiger partial charge in [-0.15, -0.1) is 0 Å². The molecule has 4 unspecified atom stereocenters. The van der Waals surface area contributed by atoms with Crippen LogP contribution in [0.5, 0.6) is 51.7 Å². The third kappa shape index (κ3) is 6.80. The molecule has 0 bridgehead atoms. The van der Waals surface area contributed by atoms with E-state index >= 15 is 4.79 Å². The normalized spacial score (nSPS) is 19.3. The van der Waals surface area contributed by atoms with Crippen LogP contribution in [-0.4, -0.2) is 58.2 Å². The van der Waals surface area contributed by atoms with Gasteiger partial charge in [-0.2, -0.15) is 0 Å². The monoisotopic (exact) mass is 778 g/mol. The summed E-state index contributed by atoms with van der Waals surface area (Å²) in [6.45, 7) is 10.9. The quantitative estimate of drug-likeness (QED) is 0.0535. The van der Waals surface area contributed by atoms with Crippen LogP contribution in [0.3, 0.4) is 0 Å². The lowest BCUT2D eigenvalue weighted by Crippen LogP contribution is -2.62. The Morgan fingerprint density at radius 3 is 2.00 bits per heavy atom. The van der Waals surface area contributed by atoms with Crippen molar-refractivity contribution < 1.29 is 59.9 Å². The van der Waals surface area contributed by atoms with E-state index in [1.165, 1.54) is 42.5 Å². The van der Waals surface area contributed by atoms with Gasteiger partial charge in [0, 0.05) is 52.8 Å². The molecule has 0 radical (unpaired) electrons. The zero-order valence-electron chi connectivity index (χ0n) is 32.4. The number of benzene rings is 4. The highest BCUT2D eigenvalue weighted by Gasteiger charge is 2.70.